The summed E-state index contributed by atoms with van der Waals surface area (Å²) in [6.45, 7) is 4.37. The summed E-state index contributed by atoms with van der Waals surface area (Å²) in [6.07, 6.45) is 0. The highest BCUT2D eigenvalue weighted by Crippen LogP contribution is 2.26. The van der Waals surface area contributed by atoms with Crippen molar-refractivity contribution in [1.82, 2.24) is 14.8 Å². The van der Waals surface area contributed by atoms with Crippen molar-refractivity contribution in [3.05, 3.63) is 93.7 Å². The van der Waals surface area contributed by atoms with E-state index in [9.17, 15) is 4.79 Å². The standard InChI is InChI=1S/C25H23Cl2N5OS/c1-16-9-11-19(12-10-16)28-14-23-30-31-25(32(23)20-6-3-5-18(26)13-20)34-15-24(33)29-22-8-4-7-21(27)17(22)2/h3-13,28H,14-15H2,1-2H3,(H,29,33). The van der Waals surface area contributed by atoms with Crippen molar-refractivity contribution in [2.75, 3.05) is 16.4 Å². The highest BCUT2D eigenvalue weighted by atomic mass is 35.5. The van der Waals surface area contributed by atoms with Crippen LogP contribution in [0.4, 0.5) is 11.4 Å². The summed E-state index contributed by atoms with van der Waals surface area (Å²) in [7, 11) is 0. The molecule has 0 aliphatic rings. The van der Waals surface area contributed by atoms with Crippen molar-refractivity contribution in [3.63, 3.8) is 0 Å². The van der Waals surface area contributed by atoms with Gasteiger partial charge in [0.15, 0.2) is 11.0 Å². The van der Waals surface area contributed by atoms with Crippen LogP contribution in [-0.4, -0.2) is 26.4 Å². The molecule has 1 amide bonds. The Kier molecular flexibility index (Phi) is 7.77. The van der Waals surface area contributed by atoms with Gasteiger partial charge in [0, 0.05) is 21.4 Å². The second-order valence-corrected chi connectivity index (χ2v) is 9.47. The van der Waals surface area contributed by atoms with Crippen molar-refractivity contribution in [3.8, 4) is 5.69 Å². The van der Waals surface area contributed by atoms with E-state index in [1.54, 1.807) is 12.1 Å². The summed E-state index contributed by atoms with van der Waals surface area (Å²) in [5, 5.41) is 16.8. The normalized spacial score (nSPS) is 10.8. The summed E-state index contributed by atoms with van der Waals surface area (Å²) in [4.78, 5) is 12.6. The van der Waals surface area contributed by atoms with Gasteiger partial charge in [0.05, 0.1) is 18.0 Å². The minimum Gasteiger partial charge on any atom is -0.378 e. The highest BCUT2D eigenvalue weighted by Gasteiger charge is 2.17. The predicted molar refractivity (Wildman–Crippen MR) is 140 cm³/mol. The number of halogens is 2. The first kappa shape index (κ1) is 24.1. The molecule has 2 N–H and O–H groups in total. The van der Waals surface area contributed by atoms with Crippen molar-refractivity contribution >= 4 is 52.2 Å². The molecule has 1 aromatic heterocycles. The van der Waals surface area contributed by atoms with Crippen LogP contribution in [0.2, 0.25) is 10.0 Å². The molecule has 9 heteroatoms. The quantitative estimate of drug-likeness (QED) is 0.263. The van der Waals surface area contributed by atoms with E-state index in [2.05, 4.69) is 20.8 Å². The first-order valence-corrected chi connectivity index (χ1v) is 12.3. The van der Waals surface area contributed by atoms with Crippen LogP contribution in [-0.2, 0) is 11.3 Å². The summed E-state index contributed by atoms with van der Waals surface area (Å²) in [5.74, 6) is 0.711. The predicted octanol–water partition coefficient (Wildman–Crippen LogP) is 6.53. The number of carbonyl (C=O) groups is 1. The number of nitrogens with one attached hydrogen (secondary N) is 2. The molecule has 0 radical (unpaired) electrons. The van der Waals surface area contributed by atoms with Crippen molar-refractivity contribution in [2.24, 2.45) is 0 Å². The number of thioether (sulfide) groups is 1. The number of hydrogen-bond acceptors (Lipinski definition) is 5. The summed E-state index contributed by atoms with van der Waals surface area (Å²) in [6, 6.07) is 21.0. The third-order valence-corrected chi connectivity index (χ3v) is 6.72. The number of nitrogens with zero attached hydrogens (tertiary/aromatic N) is 3. The van der Waals surface area contributed by atoms with Gasteiger partial charge in [-0.15, -0.1) is 10.2 Å². The second kappa shape index (κ2) is 11.0. The third kappa shape index (κ3) is 5.91. The van der Waals surface area contributed by atoms with Crippen LogP contribution in [0.1, 0.15) is 17.0 Å². The van der Waals surface area contributed by atoms with Crippen LogP contribution >= 0.6 is 35.0 Å². The molecular formula is C25H23Cl2N5OS. The van der Waals surface area contributed by atoms with Crippen LogP contribution < -0.4 is 10.6 Å². The maximum Gasteiger partial charge on any atom is 0.234 e. The number of hydrogen-bond donors (Lipinski definition) is 2. The third-order valence-electron chi connectivity index (χ3n) is 5.14. The molecule has 0 bridgehead atoms. The first-order valence-electron chi connectivity index (χ1n) is 10.6. The Morgan fingerprint density at radius 2 is 1.76 bits per heavy atom. The Balaban J connectivity index is 1.52. The lowest BCUT2D eigenvalue weighted by atomic mass is 10.2. The zero-order chi connectivity index (χ0) is 24.1. The smallest absolute Gasteiger partial charge is 0.234 e. The Labute approximate surface area is 212 Å². The largest absolute Gasteiger partial charge is 0.378 e. The average Bonchev–Trinajstić information content (AvgIpc) is 3.23. The molecule has 0 atom stereocenters. The van der Waals surface area contributed by atoms with Gasteiger partial charge in [0.25, 0.3) is 0 Å². The fraction of sp³-hybridized carbons (Fsp3) is 0.160. The molecule has 0 unspecified atom stereocenters. The van der Waals surface area contributed by atoms with Crippen molar-refractivity contribution < 1.29 is 4.79 Å². The number of benzene rings is 3. The Morgan fingerprint density at radius 1 is 1.00 bits per heavy atom. The molecule has 0 aliphatic carbocycles. The van der Waals surface area contributed by atoms with E-state index in [-0.39, 0.29) is 11.7 Å². The van der Waals surface area contributed by atoms with Crippen LogP contribution in [0.3, 0.4) is 0 Å². The fourth-order valence-corrected chi connectivity index (χ4v) is 4.42. The van der Waals surface area contributed by atoms with E-state index in [4.69, 9.17) is 23.2 Å². The lowest BCUT2D eigenvalue weighted by Crippen LogP contribution is -2.15. The molecule has 3 aromatic carbocycles. The molecule has 0 aliphatic heterocycles. The van der Waals surface area contributed by atoms with Gasteiger partial charge in [-0.25, -0.2) is 0 Å². The van der Waals surface area contributed by atoms with E-state index in [0.717, 1.165) is 16.9 Å². The number of anilines is 2. The molecule has 174 valence electrons. The van der Waals surface area contributed by atoms with E-state index in [1.807, 2.05) is 73.0 Å². The molecule has 6 nitrogen and oxygen atoms in total. The molecule has 4 rings (SSSR count). The summed E-state index contributed by atoms with van der Waals surface area (Å²) in [5.41, 5.74) is 4.52. The van der Waals surface area contributed by atoms with Crippen molar-refractivity contribution in [1.29, 1.82) is 0 Å². The minimum absolute atomic E-state index is 0.157. The SMILES string of the molecule is Cc1ccc(NCc2nnc(SCC(=O)Nc3cccc(Cl)c3C)n2-c2cccc(Cl)c2)cc1. The van der Waals surface area contributed by atoms with Gasteiger partial charge in [0.2, 0.25) is 5.91 Å². The molecule has 4 aromatic rings. The lowest BCUT2D eigenvalue weighted by Gasteiger charge is -2.12. The number of carbonyl (C=O) groups excluding carboxylic acids is 1. The maximum atomic E-state index is 12.6. The molecule has 34 heavy (non-hydrogen) atoms. The van der Waals surface area contributed by atoms with Gasteiger partial charge in [-0.05, 0) is 61.9 Å². The first-order chi connectivity index (χ1) is 16.4. The van der Waals surface area contributed by atoms with E-state index < -0.39 is 0 Å². The molecule has 1 heterocycles. The number of aromatic nitrogens is 3. The Hall–Kier alpha value is -3.00. The van der Waals surface area contributed by atoms with Gasteiger partial charge < -0.3 is 10.6 Å². The Bertz CT molecular complexity index is 1310. The summed E-state index contributed by atoms with van der Waals surface area (Å²) >= 11 is 13.7. The summed E-state index contributed by atoms with van der Waals surface area (Å²) < 4.78 is 1.91. The van der Waals surface area contributed by atoms with E-state index in [1.165, 1.54) is 17.3 Å². The fourth-order valence-electron chi connectivity index (χ4n) is 3.29. The van der Waals surface area contributed by atoms with Gasteiger partial charge in [-0.1, -0.05) is 64.8 Å². The molecule has 0 saturated heterocycles. The zero-order valence-corrected chi connectivity index (χ0v) is 21.0. The topological polar surface area (TPSA) is 71.8 Å². The van der Waals surface area contributed by atoms with Crippen LogP contribution in [0.15, 0.2) is 71.9 Å². The number of rotatable bonds is 8. The van der Waals surface area contributed by atoms with E-state index >= 15 is 0 Å². The van der Waals surface area contributed by atoms with E-state index in [0.29, 0.717) is 33.3 Å². The average molecular weight is 512 g/mol. The van der Waals surface area contributed by atoms with Crippen LogP contribution in [0.25, 0.3) is 5.69 Å². The van der Waals surface area contributed by atoms with Crippen molar-refractivity contribution in [2.45, 2.75) is 25.5 Å². The lowest BCUT2D eigenvalue weighted by molar-refractivity contribution is -0.113. The number of amides is 1. The minimum atomic E-state index is -0.157. The number of aryl methyl sites for hydroxylation is 1. The molecule has 0 spiro atoms. The monoisotopic (exact) mass is 511 g/mol. The van der Waals surface area contributed by atoms with Gasteiger partial charge in [0.1, 0.15) is 0 Å². The second-order valence-electron chi connectivity index (χ2n) is 7.68. The van der Waals surface area contributed by atoms with Crippen LogP contribution in [0.5, 0.6) is 0 Å². The van der Waals surface area contributed by atoms with Crippen LogP contribution in [0, 0.1) is 13.8 Å². The maximum absolute atomic E-state index is 12.6. The van der Waals surface area contributed by atoms with Gasteiger partial charge in [-0.3, -0.25) is 9.36 Å². The highest BCUT2D eigenvalue weighted by molar-refractivity contribution is 7.99. The molecular weight excluding hydrogens is 489 g/mol. The Morgan fingerprint density at radius 3 is 2.53 bits per heavy atom. The molecule has 0 fully saturated rings. The van der Waals surface area contributed by atoms with Gasteiger partial charge in [-0.2, -0.15) is 0 Å². The molecule has 0 saturated carbocycles. The van der Waals surface area contributed by atoms with Gasteiger partial charge >= 0.3 is 0 Å². The zero-order valence-electron chi connectivity index (χ0n) is 18.7.